The average Bonchev–Trinajstić information content (AvgIpc) is 2.34. The molecule has 1 atom stereocenters. The van der Waals surface area contributed by atoms with Gasteiger partial charge in [-0.05, 0) is 12.5 Å². The molecule has 0 aromatic heterocycles. The molecule has 0 aliphatic rings. The zero-order valence-electron chi connectivity index (χ0n) is 9.48. The highest BCUT2D eigenvalue weighted by Gasteiger charge is 2.11. The van der Waals surface area contributed by atoms with E-state index < -0.39 is 0 Å². The molecule has 0 spiro atoms. The molecule has 3 heteroatoms. The molecular weight excluding hydrogens is 218 g/mol. The third-order valence-corrected chi connectivity index (χ3v) is 3.35. The molecule has 0 unspecified atom stereocenters. The number of amides is 1. The average molecular weight is 235 g/mol. The second kappa shape index (κ2) is 7.12. The summed E-state index contributed by atoms with van der Waals surface area (Å²) in [6.07, 6.45) is 1.69. The third kappa shape index (κ3) is 4.53. The highest BCUT2D eigenvalue weighted by Crippen LogP contribution is 2.17. The van der Waals surface area contributed by atoms with E-state index in [1.54, 1.807) is 17.8 Å². The number of hydrogen-bond donors (Lipinski definition) is 1. The Morgan fingerprint density at radius 3 is 2.81 bits per heavy atom. The Labute approximate surface area is 101 Å². The lowest BCUT2D eigenvalue weighted by Gasteiger charge is -2.10. The van der Waals surface area contributed by atoms with Crippen LogP contribution in [0, 0.1) is 0 Å². The maximum absolute atomic E-state index is 11.5. The number of carbonyl (C=O) groups excluding carboxylic acids is 1. The quantitative estimate of drug-likeness (QED) is 0.768. The monoisotopic (exact) mass is 235 g/mol. The Morgan fingerprint density at radius 2 is 2.19 bits per heavy atom. The van der Waals surface area contributed by atoms with Gasteiger partial charge >= 0.3 is 0 Å². The molecule has 1 amide bonds. The smallest absolute Gasteiger partial charge is 0.233 e. The lowest BCUT2D eigenvalue weighted by molar-refractivity contribution is -0.120. The summed E-state index contributed by atoms with van der Waals surface area (Å²) in [5.74, 6) is 0.935. The van der Waals surface area contributed by atoms with Crippen LogP contribution in [-0.4, -0.2) is 17.7 Å². The van der Waals surface area contributed by atoms with Crippen molar-refractivity contribution < 1.29 is 4.79 Å². The van der Waals surface area contributed by atoms with Crippen LogP contribution in [0.25, 0.3) is 0 Å². The number of benzene rings is 1. The molecule has 1 aromatic rings. The van der Waals surface area contributed by atoms with Gasteiger partial charge < -0.3 is 5.32 Å². The molecule has 0 aliphatic carbocycles. The van der Waals surface area contributed by atoms with Crippen LogP contribution in [0.5, 0.6) is 0 Å². The summed E-state index contributed by atoms with van der Waals surface area (Å²) in [6, 6.07) is 10.2. The number of thioether (sulfide) groups is 1. The van der Waals surface area contributed by atoms with E-state index in [-0.39, 0.29) is 11.2 Å². The number of rotatable bonds is 6. The van der Waals surface area contributed by atoms with Crippen LogP contribution >= 0.6 is 11.8 Å². The second-order valence-corrected chi connectivity index (χ2v) is 4.80. The Hall–Kier alpha value is -1.22. The predicted molar refractivity (Wildman–Crippen MR) is 70.4 cm³/mol. The van der Waals surface area contributed by atoms with Crippen molar-refractivity contribution >= 4 is 17.7 Å². The van der Waals surface area contributed by atoms with Crippen molar-refractivity contribution in [3.05, 3.63) is 48.6 Å². The van der Waals surface area contributed by atoms with E-state index in [1.165, 1.54) is 5.56 Å². The van der Waals surface area contributed by atoms with Gasteiger partial charge in [-0.25, -0.2) is 0 Å². The van der Waals surface area contributed by atoms with Crippen molar-refractivity contribution in [1.82, 2.24) is 5.32 Å². The first kappa shape index (κ1) is 12.8. The summed E-state index contributed by atoms with van der Waals surface area (Å²) in [4.78, 5) is 11.5. The first-order chi connectivity index (χ1) is 7.74. The van der Waals surface area contributed by atoms with E-state index in [0.717, 1.165) is 5.75 Å². The molecule has 0 saturated carbocycles. The SMILES string of the molecule is C=CCNC(=O)[C@@H](C)SCc1ccccc1. The molecule has 16 heavy (non-hydrogen) atoms. The highest BCUT2D eigenvalue weighted by molar-refractivity contribution is 7.99. The Balaban J connectivity index is 2.32. The molecule has 0 fully saturated rings. The predicted octanol–water partition coefficient (Wildman–Crippen LogP) is 2.61. The molecule has 86 valence electrons. The Morgan fingerprint density at radius 1 is 1.50 bits per heavy atom. The minimum Gasteiger partial charge on any atom is -0.352 e. The van der Waals surface area contributed by atoms with Crippen molar-refractivity contribution in [3.63, 3.8) is 0 Å². The minimum atomic E-state index is -0.0276. The van der Waals surface area contributed by atoms with E-state index in [9.17, 15) is 4.79 Å². The maximum atomic E-state index is 11.5. The van der Waals surface area contributed by atoms with E-state index >= 15 is 0 Å². The summed E-state index contributed by atoms with van der Waals surface area (Å²) in [5.41, 5.74) is 1.25. The van der Waals surface area contributed by atoms with Crippen LogP contribution in [0.2, 0.25) is 0 Å². The molecule has 2 nitrogen and oxygen atoms in total. The molecule has 0 radical (unpaired) electrons. The fraction of sp³-hybridized carbons (Fsp3) is 0.308. The van der Waals surface area contributed by atoms with Crippen LogP contribution in [0.1, 0.15) is 12.5 Å². The number of nitrogens with one attached hydrogen (secondary N) is 1. The second-order valence-electron chi connectivity index (χ2n) is 3.47. The number of hydrogen-bond acceptors (Lipinski definition) is 2. The molecule has 0 saturated heterocycles. The summed E-state index contributed by atoms with van der Waals surface area (Å²) < 4.78 is 0. The molecule has 1 rings (SSSR count). The molecule has 1 N–H and O–H groups in total. The Kier molecular flexibility index (Phi) is 5.72. The van der Waals surface area contributed by atoms with Gasteiger partial charge in [0.1, 0.15) is 0 Å². The van der Waals surface area contributed by atoms with Crippen molar-refractivity contribution in [2.45, 2.75) is 17.9 Å². The van der Waals surface area contributed by atoms with Gasteiger partial charge in [-0.1, -0.05) is 36.4 Å². The van der Waals surface area contributed by atoms with E-state index in [1.807, 2.05) is 25.1 Å². The first-order valence-electron chi connectivity index (χ1n) is 5.28. The molecule has 1 aromatic carbocycles. The molecular formula is C13H17NOS. The molecule has 0 heterocycles. The van der Waals surface area contributed by atoms with Crippen molar-refractivity contribution in [2.75, 3.05) is 6.54 Å². The minimum absolute atomic E-state index is 0.0276. The van der Waals surface area contributed by atoms with Gasteiger partial charge in [0, 0.05) is 12.3 Å². The van der Waals surface area contributed by atoms with Crippen molar-refractivity contribution in [3.8, 4) is 0 Å². The van der Waals surface area contributed by atoms with Gasteiger partial charge in [0.25, 0.3) is 0 Å². The van der Waals surface area contributed by atoms with Gasteiger partial charge in [0.05, 0.1) is 5.25 Å². The van der Waals surface area contributed by atoms with E-state index in [0.29, 0.717) is 6.54 Å². The fourth-order valence-electron chi connectivity index (χ4n) is 1.19. The van der Waals surface area contributed by atoms with Gasteiger partial charge in [-0.3, -0.25) is 4.79 Å². The van der Waals surface area contributed by atoms with Crippen LogP contribution in [0.4, 0.5) is 0 Å². The summed E-state index contributed by atoms with van der Waals surface area (Å²) >= 11 is 1.64. The van der Waals surface area contributed by atoms with Crippen LogP contribution in [0.3, 0.4) is 0 Å². The summed E-state index contributed by atoms with van der Waals surface area (Å²) in [5, 5.41) is 2.76. The molecule has 0 bridgehead atoms. The lowest BCUT2D eigenvalue weighted by Crippen LogP contribution is -2.30. The van der Waals surface area contributed by atoms with E-state index in [2.05, 4.69) is 24.0 Å². The standard InChI is InChI=1S/C13H17NOS/c1-3-9-14-13(15)11(2)16-10-12-7-5-4-6-8-12/h3-8,11H,1,9-10H2,2H3,(H,14,15)/t11-/m1/s1. The van der Waals surface area contributed by atoms with Crippen LogP contribution in [-0.2, 0) is 10.5 Å². The summed E-state index contributed by atoms with van der Waals surface area (Å²) in [6.45, 7) is 6.02. The zero-order chi connectivity index (χ0) is 11.8. The fourth-order valence-corrected chi connectivity index (χ4v) is 2.06. The molecule has 0 aliphatic heterocycles. The number of carbonyl (C=O) groups is 1. The van der Waals surface area contributed by atoms with Gasteiger partial charge in [0.2, 0.25) is 5.91 Å². The first-order valence-corrected chi connectivity index (χ1v) is 6.33. The van der Waals surface area contributed by atoms with E-state index in [4.69, 9.17) is 0 Å². The van der Waals surface area contributed by atoms with Crippen LogP contribution < -0.4 is 5.32 Å². The van der Waals surface area contributed by atoms with Gasteiger partial charge in [0.15, 0.2) is 0 Å². The zero-order valence-corrected chi connectivity index (χ0v) is 10.3. The normalized spacial score (nSPS) is 11.8. The van der Waals surface area contributed by atoms with Crippen molar-refractivity contribution in [1.29, 1.82) is 0 Å². The van der Waals surface area contributed by atoms with Gasteiger partial charge in [-0.15, -0.1) is 18.3 Å². The highest BCUT2D eigenvalue weighted by atomic mass is 32.2. The topological polar surface area (TPSA) is 29.1 Å². The summed E-state index contributed by atoms with van der Waals surface area (Å²) in [7, 11) is 0. The maximum Gasteiger partial charge on any atom is 0.233 e. The van der Waals surface area contributed by atoms with Crippen LogP contribution in [0.15, 0.2) is 43.0 Å². The largest absolute Gasteiger partial charge is 0.352 e. The van der Waals surface area contributed by atoms with Gasteiger partial charge in [-0.2, -0.15) is 0 Å². The van der Waals surface area contributed by atoms with Crippen molar-refractivity contribution in [2.24, 2.45) is 0 Å². The third-order valence-electron chi connectivity index (χ3n) is 2.13. The Bertz CT molecular complexity index is 337. The lowest BCUT2D eigenvalue weighted by atomic mass is 10.2.